The average Bonchev–Trinajstić information content (AvgIpc) is 3.05. The van der Waals surface area contributed by atoms with Gasteiger partial charge in [0.2, 0.25) is 15.7 Å². The number of rotatable bonds is 10. The van der Waals surface area contributed by atoms with E-state index in [0.717, 1.165) is 43.7 Å². The lowest BCUT2D eigenvalue weighted by Crippen LogP contribution is -2.41. The minimum absolute atomic E-state index is 0.0221. The predicted molar refractivity (Wildman–Crippen MR) is 172 cm³/mol. The van der Waals surface area contributed by atoms with Crippen molar-refractivity contribution in [2.75, 3.05) is 30.1 Å². The van der Waals surface area contributed by atoms with E-state index in [0.29, 0.717) is 15.7 Å². The molecule has 1 aliphatic rings. The zero-order valence-corrected chi connectivity index (χ0v) is 26.5. The zero-order valence-electron chi connectivity index (χ0n) is 24.1. The number of amides is 1. The van der Waals surface area contributed by atoms with Crippen LogP contribution in [0.1, 0.15) is 35.2 Å². The van der Waals surface area contributed by atoms with E-state index >= 15 is 0 Å². The van der Waals surface area contributed by atoms with Gasteiger partial charge in [-0.25, -0.2) is 13.2 Å². The number of hydrogen-bond acceptors (Lipinski definition) is 7. The van der Waals surface area contributed by atoms with Gasteiger partial charge in [-0.3, -0.25) is 15.2 Å². The molecule has 11 heteroatoms. The van der Waals surface area contributed by atoms with Crippen LogP contribution in [-0.4, -0.2) is 45.6 Å². The molecule has 1 saturated heterocycles. The van der Waals surface area contributed by atoms with Gasteiger partial charge in [-0.2, -0.15) is 0 Å². The molecule has 1 amide bonds. The number of carboxylic acids is 1. The second kappa shape index (κ2) is 13.5. The normalized spacial score (nSPS) is 13.3. The van der Waals surface area contributed by atoms with Crippen molar-refractivity contribution in [2.24, 2.45) is 0 Å². The monoisotopic (exact) mass is 677 g/mol. The Morgan fingerprint density at radius 2 is 1.55 bits per heavy atom. The number of nitrogens with zero attached hydrogens (tertiary/aromatic N) is 2. The van der Waals surface area contributed by atoms with Crippen molar-refractivity contribution >= 4 is 54.7 Å². The van der Waals surface area contributed by atoms with E-state index in [4.69, 9.17) is 4.74 Å². The Morgan fingerprint density at radius 1 is 0.909 bits per heavy atom. The highest BCUT2D eigenvalue weighted by Gasteiger charge is 2.24. The fourth-order valence-electron chi connectivity index (χ4n) is 5.23. The summed E-state index contributed by atoms with van der Waals surface area (Å²) in [5.41, 5.74) is 5.77. The number of halogens is 1. The Morgan fingerprint density at radius 3 is 2.20 bits per heavy atom. The molecule has 1 heterocycles. The highest BCUT2D eigenvalue weighted by Crippen LogP contribution is 2.36. The van der Waals surface area contributed by atoms with E-state index in [-0.39, 0.29) is 33.4 Å². The Balaban J connectivity index is 1.50. The Hall–Kier alpha value is -4.35. The van der Waals surface area contributed by atoms with Gasteiger partial charge in [0.05, 0.1) is 40.4 Å². The lowest BCUT2D eigenvalue weighted by molar-refractivity contribution is -0.120. The van der Waals surface area contributed by atoms with Crippen LogP contribution in [0.25, 0.3) is 0 Å². The lowest BCUT2D eigenvalue weighted by Gasteiger charge is -2.34. The predicted octanol–water partition coefficient (Wildman–Crippen LogP) is 6.39. The molecule has 1 aliphatic heterocycles. The molecule has 9 nitrogen and oxygen atoms in total. The number of nitrogens with one attached hydrogen (secondary N) is 1. The number of hydrogen-bond donors (Lipinski definition) is 2. The number of benzene rings is 4. The lowest BCUT2D eigenvalue weighted by atomic mass is 10.1. The first kappa shape index (κ1) is 31.1. The van der Waals surface area contributed by atoms with Gasteiger partial charge in [0, 0.05) is 17.6 Å². The van der Waals surface area contributed by atoms with E-state index in [1.807, 2.05) is 24.3 Å². The van der Waals surface area contributed by atoms with Gasteiger partial charge in [-0.05, 0) is 85.5 Å². The number of sulfone groups is 1. The van der Waals surface area contributed by atoms with Crippen molar-refractivity contribution < 1.29 is 27.9 Å². The third-order valence-corrected chi connectivity index (χ3v) is 9.99. The second-order valence-corrected chi connectivity index (χ2v) is 13.1. The largest absolute Gasteiger partial charge is 0.496 e. The van der Waals surface area contributed by atoms with Crippen LogP contribution in [-0.2, 0) is 21.1 Å². The molecule has 2 N–H and O–H groups in total. The second-order valence-electron chi connectivity index (χ2n) is 10.3. The van der Waals surface area contributed by atoms with Crippen LogP contribution in [0.15, 0.2) is 105 Å². The number of hydrazine groups is 1. The molecule has 44 heavy (non-hydrogen) atoms. The number of aromatic carboxylic acids is 1. The first-order chi connectivity index (χ1) is 21.2. The number of carbonyl (C=O) groups excluding carboxylic acids is 1. The molecule has 4 aromatic carbocycles. The summed E-state index contributed by atoms with van der Waals surface area (Å²) in [4.78, 5) is 27.8. The molecular formula is C33H32BrN3O6S. The first-order valence-corrected chi connectivity index (χ1v) is 16.4. The quantitative estimate of drug-likeness (QED) is 0.186. The molecule has 0 aromatic heterocycles. The summed E-state index contributed by atoms with van der Waals surface area (Å²) in [5, 5.41) is 11.2. The van der Waals surface area contributed by atoms with Crippen molar-refractivity contribution in [3.63, 3.8) is 0 Å². The topological polar surface area (TPSA) is 116 Å². The van der Waals surface area contributed by atoms with E-state index in [1.54, 1.807) is 47.5 Å². The van der Waals surface area contributed by atoms with Crippen molar-refractivity contribution in [1.82, 2.24) is 5.43 Å². The Labute approximate surface area is 265 Å². The average molecular weight is 679 g/mol. The van der Waals surface area contributed by atoms with Crippen molar-refractivity contribution in [3.8, 4) is 5.75 Å². The highest BCUT2D eigenvalue weighted by molar-refractivity contribution is 9.10. The zero-order chi connectivity index (χ0) is 31.3. The van der Waals surface area contributed by atoms with Crippen LogP contribution in [0.2, 0.25) is 0 Å². The molecular weight excluding hydrogens is 646 g/mol. The van der Waals surface area contributed by atoms with Crippen molar-refractivity contribution in [3.05, 3.63) is 107 Å². The Kier molecular flexibility index (Phi) is 9.55. The molecule has 0 bridgehead atoms. The van der Waals surface area contributed by atoms with Crippen LogP contribution < -0.4 is 20.1 Å². The number of anilines is 3. The van der Waals surface area contributed by atoms with Gasteiger partial charge in [-0.1, -0.05) is 46.3 Å². The van der Waals surface area contributed by atoms with E-state index < -0.39 is 15.8 Å². The van der Waals surface area contributed by atoms with E-state index in [9.17, 15) is 23.1 Å². The van der Waals surface area contributed by atoms with Gasteiger partial charge < -0.3 is 14.7 Å². The molecule has 1 fully saturated rings. The summed E-state index contributed by atoms with van der Waals surface area (Å²) in [6.07, 6.45) is 3.21. The molecule has 0 aliphatic carbocycles. The summed E-state index contributed by atoms with van der Waals surface area (Å²) in [5.74, 6) is -1.37. The third-order valence-electron chi connectivity index (χ3n) is 7.46. The molecule has 0 atom stereocenters. The van der Waals surface area contributed by atoms with E-state index in [1.165, 1.54) is 31.4 Å². The van der Waals surface area contributed by atoms with Crippen molar-refractivity contribution in [2.45, 2.75) is 35.5 Å². The summed E-state index contributed by atoms with van der Waals surface area (Å²) in [6, 6.07) is 25.4. The minimum atomic E-state index is -3.73. The number of piperidine rings is 1. The summed E-state index contributed by atoms with van der Waals surface area (Å²) in [7, 11) is -2.35. The van der Waals surface area contributed by atoms with Crippen LogP contribution in [0.5, 0.6) is 5.75 Å². The SMILES string of the molecule is COc1cc(CC(=O)NN(c2ccc(S(=O)(=O)c3ccccc3)cc2)c2ccccc2N2CCCCC2)c(Br)cc1C(=O)O. The summed E-state index contributed by atoms with van der Waals surface area (Å²) in [6.45, 7) is 1.77. The number of ether oxygens (including phenoxy) is 1. The fourth-order valence-corrected chi connectivity index (χ4v) is 7.00. The molecule has 0 radical (unpaired) electrons. The smallest absolute Gasteiger partial charge is 0.339 e. The van der Waals surface area contributed by atoms with Crippen molar-refractivity contribution in [1.29, 1.82) is 0 Å². The van der Waals surface area contributed by atoms with E-state index in [2.05, 4.69) is 26.3 Å². The number of para-hydroxylation sites is 2. The van der Waals surface area contributed by atoms with Crippen LogP contribution in [0.3, 0.4) is 0 Å². The summed E-state index contributed by atoms with van der Waals surface area (Å²) < 4.78 is 32.2. The summed E-state index contributed by atoms with van der Waals surface area (Å²) >= 11 is 3.40. The highest BCUT2D eigenvalue weighted by atomic mass is 79.9. The molecule has 5 rings (SSSR count). The van der Waals surface area contributed by atoms with Crippen LogP contribution in [0.4, 0.5) is 17.1 Å². The molecule has 0 unspecified atom stereocenters. The van der Waals surface area contributed by atoms with Gasteiger partial charge in [-0.15, -0.1) is 0 Å². The maximum atomic E-state index is 13.6. The fraction of sp³-hybridized carbons (Fsp3) is 0.212. The molecule has 0 spiro atoms. The number of carboxylic acid groups (broad SMARTS) is 1. The molecule has 0 saturated carbocycles. The number of methoxy groups -OCH3 is 1. The van der Waals surface area contributed by atoms with Gasteiger partial charge in [0.25, 0.3) is 0 Å². The Bertz CT molecular complexity index is 1760. The molecule has 228 valence electrons. The van der Waals surface area contributed by atoms with Gasteiger partial charge in [0.15, 0.2) is 0 Å². The van der Waals surface area contributed by atoms with Crippen LogP contribution in [0, 0.1) is 0 Å². The van der Waals surface area contributed by atoms with Gasteiger partial charge >= 0.3 is 5.97 Å². The maximum absolute atomic E-state index is 13.6. The molecule has 4 aromatic rings. The first-order valence-electron chi connectivity index (χ1n) is 14.1. The third kappa shape index (κ3) is 6.74. The number of carbonyl (C=O) groups is 2. The van der Waals surface area contributed by atoms with Gasteiger partial charge in [0.1, 0.15) is 11.3 Å². The van der Waals surface area contributed by atoms with Crippen LogP contribution >= 0.6 is 15.9 Å². The standard InChI is InChI=1S/C33H32BrN3O6S/c1-43-31-20-23(28(34)22-27(31)33(39)40)21-32(38)35-37(30-13-7-6-12-29(30)36-18-8-3-9-19-36)24-14-16-26(17-15-24)44(41,42)25-10-4-2-5-11-25/h2,4-7,10-17,20,22H,3,8-9,18-19,21H2,1H3,(H,35,38)(H,39,40). The maximum Gasteiger partial charge on any atom is 0.339 e. The minimum Gasteiger partial charge on any atom is -0.496 e.